The number of hydrogen-bond acceptors (Lipinski definition) is 3. The Morgan fingerprint density at radius 2 is 1.48 bits per heavy atom. The lowest BCUT2D eigenvalue weighted by Gasteiger charge is -2.18. The monoisotopic (exact) mass is 355 g/mol. The van der Waals surface area contributed by atoms with Crippen LogP contribution in [0.15, 0.2) is 54.6 Å². The zero-order valence-corrected chi connectivity index (χ0v) is 15.2. The van der Waals surface area contributed by atoms with Gasteiger partial charge in [-0.2, -0.15) is 0 Å². The number of rotatable bonds is 3. The SMILES string of the molecule is CC(C)(C)C(=O)NC(=S)Nc1cccc(NC(=O)c2ccccc2)c1. The van der Waals surface area contributed by atoms with Crippen molar-refractivity contribution in [3.05, 3.63) is 60.2 Å². The molecule has 5 nitrogen and oxygen atoms in total. The maximum atomic E-state index is 12.2. The maximum absolute atomic E-state index is 12.2. The molecule has 0 unspecified atom stereocenters. The van der Waals surface area contributed by atoms with Crippen molar-refractivity contribution >= 4 is 40.5 Å². The first kappa shape index (κ1) is 18.6. The number of carbonyl (C=O) groups excluding carboxylic acids is 2. The summed E-state index contributed by atoms with van der Waals surface area (Å²) in [6, 6.07) is 16.1. The molecule has 0 aliphatic carbocycles. The molecule has 3 N–H and O–H groups in total. The molecule has 2 amide bonds. The predicted molar refractivity (Wildman–Crippen MR) is 105 cm³/mol. The van der Waals surface area contributed by atoms with E-state index in [0.29, 0.717) is 16.9 Å². The van der Waals surface area contributed by atoms with Crippen LogP contribution in [0.3, 0.4) is 0 Å². The fourth-order valence-corrected chi connectivity index (χ4v) is 2.13. The normalized spacial score (nSPS) is 10.7. The molecule has 130 valence electrons. The molecule has 0 heterocycles. The van der Waals surface area contributed by atoms with Crippen LogP contribution in [-0.2, 0) is 4.79 Å². The summed E-state index contributed by atoms with van der Waals surface area (Å²) in [6.45, 7) is 5.43. The van der Waals surface area contributed by atoms with Crippen LogP contribution in [-0.4, -0.2) is 16.9 Å². The Bertz CT molecular complexity index is 783. The van der Waals surface area contributed by atoms with Crippen molar-refractivity contribution in [1.29, 1.82) is 0 Å². The Kier molecular flexibility index (Phi) is 5.88. The van der Waals surface area contributed by atoms with Crippen LogP contribution < -0.4 is 16.0 Å². The largest absolute Gasteiger partial charge is 0.332 e. The van der Waals surface area contributed by atoms with Crippen LogP contribution in [0.2, 0.25) is 0 Å². The van der Waals surface area contributed by atoms with Crippen molar-refractivity contribution in [2.45, 2.75) is 20.8 Å². The molecule has 0 saturated carbocycles. The minimum atomic E-state index is -0.531. The Morgan fingerprint density at radius 1 is 0.880 bits per heavy atom. The van der Waals surface area contributed by atoms with E-state index in [1.54, 1.807) is 36.4 Å². The third kappa shape index (κ3) is 5.69. The molecule has 25 heavy (non-hydrogen) atoms. The molecule has 0 fully saturated rings. The van der Waals surface area contributed by atoms with E-state index >= 15 is 0 Å². The van der Waals surface area contributed by atoms with Gasteiger partial charge in [0.25, 0.3) is 5.91 Å². The van der Waals surface area contributed by atoms with Gasteiger partial charge in [0.1, 0.15) is 0 Å². The summed E-state index contributed by atoms with van der Waals surface area (Å²) in [4.78, 5) is 24.1. The molecule has 0 aliphatic heterocycles. The number of hydrogen-bond donors (Lipinski definition) is 3. The van der Waals surface area contributed by atoms with Gasteiger partial charge in [-0.3, -0.25) is 9.59 Å². The third-order valence-corrected chi connectivity index (χ3v) is 3.53. The average Bonchev–Trinajstić information content (AvgIpc) is 2.55. The lowest BCUT2D eigenvalue weighted by Crippen LogP contribution is -2.41. The Balaban J connectivity index is 2.00. The van der Waals surface area contributed by atoms with Crippen molar-refractivity contribution in [3.8, 4) is 0 Å². The average molecular weight is 355 g/mol. The van der Waals surface area contributed by atoms with E-state index in [9.17, 15) is 9.59 Å². The number of thiocarbonyl (C=S) groups is 1. The Labute approximate surface area is 152 Å². The molecular formula is C19H21N3O2S. The second kappa shape index (κ2) is 7.90. The molecule has 2 aromatic rings. The van der Waals surface area contributed by atoms with Gasteiger partial charge in [-0.25, -0.2) is 0 Å². The van der Waals surface area contributed by atoms with Gasteiger partial charge in [0.05, 0.1) is 0 Å². The highest BCUT2D eigenvalue weighted by atomic mass is 32.1. The van der Waals surface area contributed by atoms with E-state index in [4.69, 9.17) is 12.2 Å². The van der Waals surface area contributed by atoms with Crippen LogP contribution in [0.25, 0.3) is 0 Å². The van der Waals surface area contributed by atoms with Gasteiger partial charge in [0, 0.05) is 22.4 Å². The van der Waals surface area contributed by atoms with Crippen LogP contribution in [0, 0.1) is 5.41 Å². The summed E-state index contributed by atoms with van der Waals surface area (Å²) in [5.41, 5.74) is 1.35. The van der Waals surface area contributed by atoms with E-state index in [-0.39, 0.29) is 16.9 Å². The van der Waals surface area contributed by atoms with Crippen molar-refractivity contribution in [2.24, 2.45) is 5.41 Å². The predicted octanol–water partition coefficient (Wildman–Crippen LogP) is 3.80. The number of carbonyl (C=O) groups is 2. The molecule has 0 spiro atoms. The van der Waals surface area contributed by atoms with Crippen molar-refractivity contribution in [2.75, 3.05) is 10.6 Å². The molecule has 2 aromatic carbocycles. The molecule has 6 heteroatoms. The van der Waals surface area contributed by atoms with Crippen LogP contribution in [0.4, 0.5) is 11.4 Å². The second-order valence-electron chi connectivity index (χ2n) is 6.56. The molecule has 0 saturated heterocycles. The zero-order valence-electron chi connectivity index (χ0n) is 14.4. The minimum Gasteiger partial charge on any atom is -0.332 e. The summed E-state index contributed by atoms with van der Waals surface area (Å²) in [7, 11) is 0. The highest BCUT2D eigenvalue weighted by Crippen LogP contribution is 2.17. The van der Waals surface area contributed by atoms with Crippen LogP contribution in [0.5, 0.6) is 0 Å². The lowest BCUT2D eigenvalue weighted by molar-refractivity contribution is -0.126. The van der Waals surface area contributed by atoms with E-state index in [1.807, 2.05) is 39.0 Å². The highest BCUT2D eigenvalue weighted by Gasteiger charge is 2.21. The van der Waals surface area contributed by atoms with E-state index in [2.05, 4.69) is 16.0 Å². The number of nitrogens with one attached hydrogen (secondary N) is 3. The van der Waals surface area contributed by atoms with Crippen LogP contribution >= 0.6 is 12.2 Å². The summed E-state index contributed by atoms with van der Waals surface area (Å²) < 4.78 is 0. The summed E-state index contributed by atoms with van der Waals surface area (Å²) >= 11 is 5.16. The van der Waals surface area contributed by atoms with Gasteiger partial charge in [0.2, 0.25) is 5.91 Å². The van der Waals surface area contributed by atoms with Crippen LogP contribution in [0.1, 0.15) is 31.1 Å². The number of amides is 2. The molecule has 0 bridgehead atoms. The molecule has 0 atom stereocenters. The lowest BCUT2D eigenvalue weighted by atomic mass is 9.96. The fraction of sp³-hybridized carbons (Fsp3) is 0.211. The molecule has 2 rings (SSSR count). The maximum Gasteiger partial charge on any atom is 0.255 e. The summed E-state index contributed by atoms with van der Waals surface area (Å²) in [6.07, 6.45) is 0. The molecule has 0 aliphatic rings. The van der Waals surface area contributed by atoms with Gasteiger partial charge >= 0.3 is 0 Å². The van der Waals surface area contributed by atoms with Crippen molar-refractivity contribution in [3.63, 3.8) is 0 Å². The van der Waals surface area contributed by atoms with Gasteiger partial charge in [-0.05, 0) is 42.5 Å². The first-order valence-corrected chi connectivity index (χ1v) is 8.25. The fourth-order valence-electron chi connectivity index (χ4n) is 1.92. The van der Waals surface area contributed by atoms with E-state index in [1.165, 1.54) is 0 Å². The summed E-state index contributed by atoms with van der Waals surface area (Å²) in [5, 5.41) is 8.64. The second-order valence-corrected chi connectivity index (χ2v) is 6.97. The first-order chi connectivity index (χ1) is 11.8. The van der Waals surface area contributed by atoms with Gasteiger partial charge in [-0.15, -0.1) is 0 Å². The third-order valence-electron chi connectivity index (χ3n) is 3.32. The Morgan fingerprint density at radius 3 is 2.08 bits per heavy atom. The number of anilines is 2. The first-order valence-electron chi connectivity index (χ1n) is 7.84. The van der Waals surface area contributed by atoms with Gasteiger partial charge in [0.15, 0.2) is 5.11 Å². The topological polar surface area (TPSA) is 70.2 Å². The number of benzene rings is 2. The van der Waals surface area contributed by atoms with Crippen molar-refractivity contribution < 1.29 is 9.59 Å². The zero-order chi connectivity index (χ0) is 18.4. The molecule has 0 radical (unpaired) electrons. The van der Waals surface area contributed by atoms with Gasteiger partial charge in [-0.1, -0.05) is 45.0 Å². The quantitative estimate of drug-likeness (QED) is 0.733. The standard InChI is InChI=1S/C19H21N3O2S/c1-19(2,3)17(24)22-18(25)21-15-11-7-10-14(12-15)20-16(23)13-8-5-4-6-9-13/h4-12H,1-3H3,(H,20,23)(H2,21,22,24,25). The minimum absolute atomic E-state index is 0.168. The highest BCUT2D eigenvalue weighted by molar-refractivity contribution is 7.80. The summed E-state index contributed by atoms with van der Waals surface area (Å²) in [5.74, 6) is -0.361. The smallest absolute Gasteiger partial charge is 0.255 e. The Hall–Kier alpha value is -2.73. The molecular weight excluding hydrogens is 334 g/mol. The molecule has 0 aromatic heterocycles. The van der Waals surface area contributed by atoms with Gasteiger partial charge < -0.3 is 16.0 Å². The van der Waals surface area contributed by atoms with E-state index < -0.39 is 5.41 Å². The van der Waals surface area contributed by atoms with E-state index in [0.717, 1.165) is 0 Å². The van der Waals surface area contributed by atoms with Crippen molar-refractivity contribution in [1.82, 2.24) is 5.32 Å².